The SMILES string of the molecule is CCCC(=O)NCCNC(=O)CN1C(=O)C=CC1=O. The summed E-state index contributed by atoms with van der Waals surface area (Å²) in [4.78, 5) is 45.8. The van der Waals surface area contributed by atoms with Gasteiger partial charge >= 0.3 is 0 Å². The minimum Gasteiger partial charge on any atom is -0.354 e. The van der Waals surface area contributed by atoms with Crippen LogP contribution in [-0.2, 0) is 19.2 Å². The number of imide groups is 1. The second-order valence-corrected chi connectivity index (χ2v) is 4.05. The Morgan fingerprint density at radius 3 is 2.11 bits per heavy atom. The van der Waals surface area contributed by atoms with Gasteiger partial charge in [-0.2, -0.15) is 0 Å². The van der Waals surface area contributed by atoms with Gasteiger partial charge in [-0.1, -0.05) is 6.92 Å². The van der Waals surface area contributed by atoms with Crippen LogP contribution in [0.15, 0.2) is 12.2 Å². The molecule has 0 fully saturated rings. The van der Waals surface area contributed by atoms with Gasteiger partial charge in [0.05, 0.1) is 0 Å². The third-order valence-corrected chi connectivity index (χ3v) is 2.45. The summed E-state index contributed by atoms with van der Waals surface area (Å²) in [6.45, 7) is 2.19. The first-order chi connectivity index (χ1) is 9.04. The van der Waals surface area contributed by atoms with E-state index in [2.05, 4.69) is 10.6 Å². The van der Waals surface area contributed by atoms with Crippen molar-refractivity contribution in [3.05, 3.63) is 12.2 Å². The molecule has 0 saturated heterocycles. The highest BCUT2D eigenvalue weighted by atomic mass is 16.2. The molecule has 0 aromatic rings. The van der Waals surface area contributed by atoms with Gasteiger partial charge in [0, 0.05) is 31.7 Å². The highest BCUT2D eigenvalue weighted by Gasteiger charge is 2.25. The zero-order chi connectivity index (χ0) is 14.3. The van der Waals surface area contributed by atoms with Gasteiger partial charge in [0.15, 0.2) is 0 Å². The molecule has 1 aliphatic rings. The van der Waals surface area contributed by atoms with Crippen molar-refractivity contribution >= 4 is 23.6 Å². The molecule has 2 N–H and O–H groups in total. The van der Waals surface area contributed by atoms with E-state index in [1.165, 1.54) is 0 Å². The molecule has 0 aliphatic carbocycles. The maximum atomic E-state index is 11.5. The molecule has 0 aromatic heterocycles. The van der Waals surface area contributed by atoms with Crippen molar-refractivity contribution < 1.29 is 19.2 Å². The molecule has 104 valence electrons. The van der Waals surface area contributed by atoms with Gasteiger partial charge in [0.2, 0.25) is 11.8 Å². The number of carbonyl (C=O) groups excluding carboxylic acids is 4. The van der Waals surface area contributed by atoms with Crippen LogP contribution in [0.2, 0.25) is 0 Å². The molecule has 19 heavy (non-hydrogen) atoms. The predicted molar refractivity (Wildman–Crippen MR) is 66.8 cm³/mol. The van der Waals surface area contributed by atoms with Gasteiger partial charge in [-0.05, 0) is 6.42 Å². The summed E-state index contributed by atoms with van der Waals surface area (Å²) in [5.41, 5.74) is 0. The van der Waals surface area contributed by atoms with E-state index in [0.29, 0.717) is 13.0 Å². The van der Waals surface area contributed by atoms with E-state index in [-0.39, 0.29) is 19.0 Å². The first-order valence-corrected chi connectivity index (χ1v) is 6.11. The molecule has 0 aromatic carbocycles. The largest absolute Gasteiger partial charge is 0.354 e. The summed E-state index contributed by atoms with van der Waals surface area (Å²) < 4.78 is 0. The van der Waals surface area contributed by atoms with E-state index in [4.69, 9.17) is 0 Å². The quantitative estimate of drug-likeness (QED) is 0.454. The molecule has 0 bridgehead atoms. The average molecular weight is 267 g/mol. The van der Waals surface area contributed by atoms with Gasteiger partial charge in [-0.25, -0.2) is 0 Å². The standard InChI is InChI=1S/C12H17N3O4/c1-2-3-9(16)13-6-7-14-10(17)8-15-11(18)4-5-12(15)19/h4-5H,2-3,6-8H2,1H3,(H,13,16)(H,14,17). The molecule has 7 nitrogen and oxygen atoms in total. The number of rotatable bonds is 7. The normalized spacial score (nSPS) is 13.8. The Hall–Kier alpha value is -2.18. The van der Waals surface area contributed by atoms with Gasteiger partial charge < -0.3 is 10.6 Å². The lowest BCUT2D eigenvalue weighted by molar-refractivity contribution is -0.141. The summed E-state index contributed by atoms with van der Waals surface area (Å²) >= 11 is 0. The van der Waals surface area contributed by atoms with Gasteiger partial charge in [-0.15, -0.1) is 0 Å². The fourth-order valence-corrected chi connectivity index (χ4v) is 1.51. The number of hydrogen-bond acceptors (Lipinski definition) is 4. The number of amides is 4. The number of nitrogens with one attached hydrogen (secondary N) is 2. The fourth-order valence-electron chi connectivity index (χ4n) is 1.51. The molecule has 0 spiro atoms. The van der Waals surface area contributed by atoms with Crippen LogP contribution >= 0.6 is 0 Å². The molecule has 1 heterocycles. The lowest BCUT2D eigenvalue weighted by atomic mass is 10.3. The highest BCUT2D eigenvalue weighted by molar-refractivity contribution is 6.14. The molecule has 1 rings (SSSR count). The minimum atomic E-state index is -0.489. The fraction of sp³-hybridized carbons (Fsp3) is 0.500. The summed E-state index contributed by atoms with van der Waals surface area (Å²) in [6.07, 6.45) is 3.47. The zero-order valence-corrected chi connectivity index (χ0v) is 10.8. The monoisotopic (exact) mass is 267 g/mol. The Morgan fingerprint density at radius 2 is 1.58 bits per heavy atom. The summed E-state index contributed by atoms with van der Waals surface area (Å²) in [6, 6.07) is 0. The molecule has 7 heteroatoms. The maximum Gasteiger partial charge on any atom is 0.254 e. The molecule has 4 amide bonds. The first kappa shape index (κ1) is 14.9. The van der Waals surface area contributed by atoms with Gasteiger partial charge in [0.1, 0.15) is 6.54 Å². The third kappa shape index (κ3) is 4.90. The third-order valence-electron chi connectivity index (χ3n) is 2.45. The second-order valence-electron chi connectivity index (χ2n) is 4.05. The van der Waals surface area contributed by atoms with E-state index in [1.54, 1.807) is 0 Å². The van der Waals surface area contributed by atoms with Crippen molar-refractivity contribution in [3.8, 4) is 0 Å². The van der Waals surface area contributed by atoms with Crippen molar-refractivity contribution in [2.24, 2.45) is 0 Å². The average Bonchev–Trinajstić information content (AvgIpc) is 2.67. The number of nitrogens with zero attached hydrogens (tertiary/aromatic N) is 1. The van der Waals surface area contributed by atoms with Crippen LogP contribution < -0.4 is 10.6 Å². The van der Waals surface area contributed by atoms with Crippen LogP contribution in [-0.4, -0.2) is 48.2 Å². The summed E-state index contributed by atoms with van der Waals surface area (Å²) in [5, 5.41) is 5.16. The van der Waals surface area contributed by atoms with E-state index < -0.39 is 17.7 Å². The molecular formula is C12H17N3O4. The van der Waals surface area contributed by atoms with Crippen LogP contribution in [0.3, 0.4) is 0 Å². The van der Waals surface area contributed by atoms with Crippen LogP contribution in [0, 0.1) is 0 Å². The predicted octanol–water partition coefficient (Wildman–Crippen LogP) is -1.06. The Kier molecular flexibility index (Phi) is 5.72. The molecule has 0 saturated carbocycles. The Bertz CT molecular complexity index is 399. The summed E-state index contributed by atoms with van der Waals surface area (Å²) in [5.74, 6) is -1.48. The van der Waals surface area contributed by atoms with Crippen molar-refractivity contribution in [1.29, 1.82) is 0 Å². The van der Waals surface area contributed by atoms with Crippen LogP contribution in [0.5, 0.6) is 0 Å². The van der Waals surface area contributed by atoms with Crippen LogP contribution in [0.4, 0.5) is 0 Å². The molecule has 0 radical (unpaired) electrons. The molecule has 1 aliphatic heterocycles. The minimum absolute atomic E-state index is 0.0640. The zero-order valence-electron chi connectivity index (χ0n) is 10.8. The Morgan fingerprint density at radius 1 is 1.05 bits per heavy atom. The highest BCUT2D eigenvalue weighted by Crippen LogP contribution is 2.01. The van der Waals surface area contributed by atoms with Crippen molar-refractivity contribution in [1.82, 2.24) is 15.5 Å². The maximum absolute atomic E-state index is 11.5. The van der Waals surface area contributed by atoms with Gasteiger partial charge in [-0.3, -0.25) is 24.1 Å². The number of hydrogen-bond donors (Lipinski definition) is 2. The van der Waals surface area contributed by atoms with Crippen molar-refractivity contribution in [2.75, 3.05) is 19.6 Å². The summed E-state index contributed by atoms with van der Waals surface area (Å²) in [7, 11) is 0. The topological polar surface area (TPSA) is 95.6 Å². The van der Waals surface area contributed by atoms with Gasteiger partial charge in [0.25, 0.3) is 11.8 Å². The van der Waals surface area contributed by atoms with Crippen molar-refractivity contribution in [2.45, 2.75) is 19.8 Å². The van der Waals surface area contributed by atoms with E-state index in [9.17, 15) is 19.2 Å². The Labute approximate surface area is 111 Å². The molecule has 0 atom stereocenters. The van der Waals surface area contributed by atoms with E-state index in [1.807, 2.05) is 6.92 Å². The Balaban J connectivity index is 2.17. The van der Waals surface area contributed by atoms with Crippen LogP contribution in [0.1, 0.15) is 19.8 Å². The smallest absolute Gasteiger partial charge is 0.254 e. The van der Waals surface area contributed by atoms with Crippen molar-refractivity contribution in [3.63, 3.8) is 0 Å². The lowest BCUT2D eigenvalue weighted by Crippen LogP contribution is -2.42. The second kappa shape index (κ2) is 7.30. The number of carbonyl (C=O) groups is 4. The molecular weight excluding hydrogens is 250 g/mol. The van der Waals surface area contributed by atoms with E-state index >= 15 is 0 Å². The van der Waals surface area contributed by atoms with Crippen LogP contribution in [0.25, 0.3) is 0 Å². The first-order valence-electron chi connectivity index (χ1n) is 6.11. The lowest BCUT2D eigenvalue weighted by Gasteiger charge is -2.13. The molecule has 0 unspecified atom stereocenters. The van der Waals surface area contributed by atoms with E-state index in [0.717, 1.165) is 23.5 Å².